The number of nitrogens with one attached hydrogen (secondary N) is 2. The Morgan fingerprint density at radius 3 is 2.39 bits per heavy atom. The Hall–Kier alpha value is -5.45. The second-order valence-electron chi connectivity index (χ2n) is 18.1. The van der Waals surface area contributed by atoms with E-state index in [0.717, 1.165) is 22.3 Å². The molecule has 5 aliphatic rings. The van der Waals surface area contributed by atoms with Crippen molar-refractivity contribution in [2.75, 3.05) is 20.7 Å². The van der Waals surface area contributed by atoms with Gasteiger partial charge in [-0.1, -0.05) is 60.7 Å². The van der Waals surface area contributed by atoms with Gasteiger partial charge in [0.1, 0.15) is 35.4 Å². The predicted octanol–water partition coefficient (Wildman–Crippen LogP) is 3.40. The van der Waals surface area contributed by atoms with Crippen LogP contribution in [0.2, 0.25) is 0 Å². The summed E-state index contributed by atoms with van der Waals surface area (Å²) in [6, 6.07) is 20.5. The van der Waals surface area contributed by atoms with E-state index in [1.54, 1.807) is 65.2 Å². The number of hydrogen-bond donors (Lipinski definition) is 3. The Labute approximate surface area is 360 Å². The van der Waals surface area contributed by atoms with Gasteiger partial charge in [0, 0.05) is 58.0 Å². The van der Waals surface area contributed by atoms with Crippen molar-refractivity contribution >= 4 is 35.7 Å². The topological polar surface area (TPSA) is 182 Å². The lowest BCUT2D eigenvalue weighted by molar-refractivity contribution is -0.217. The van der Waals surface area contributed by atoms with Crippen molar-refractivity contribution in [1.29, 1.82) is 0 Å². The van der Waals surface area contributed by atoms with Crippen molar-refractivity contribution in [3.05, 3.63) is 112 Å². The molecule has 15 nitrogen and oxygen atoms in total. The molecule has 4 fully saturated rings. The second kappa shape index (κ2) is 17.0. The van der Waals surface area contributed by atoms with Crippen molar-refractivity contribution in [2.45, 2.75) is 114 Å². The highest BCUT2D eigenvalue weighted by Gasteiger charge is 2.76. The molecule has 15 heteroatoms. The van der Waals surface area contributed by atoms with Crippen molar-refractivity contribution in [1.82, 2.24) is 20.6 Å². The van der Waals surface area contributed by atoms with Crippen molar-refractivity contribution < 1.29 is 52.9 Å². The molecule has 1 saturated carbocycles. The average Bonchev–Trinajstić information content (AvgIpc) is 3.91. The fourth-order valence-electron chi connectivity index (χ4n) is 9.38. The number of nitrogens with zero attached hydrogens (tertiary/aromatic N) is 2. The first-order valence-electron chi connectivity index (χ1n) is 21.1. The van der Waals surface area contributed by atoms with E-state index in [-0.39, 0.29) is 44.9 Å². The minimum atomic E-state index is -1.44. The number of ether oxygens (including phenoxy) is 4. The average molecular weight is 851 g/mol. The SMILES string of the molecule is CN(C)C(=O)C=Cc1cccc(CN2O[C@@H]3[C@H]4OC5(Cc6ccccc6C5)O[C@H]4[C@H]4C[C@]3(C(=O)NCc3cccc(C(=O)N[C@H](CO)CCC(=O)OC(C)(C)C)c3)[C@@H]2C(=O)O4)c1. The van der Waals surface area contributed by atoms with Crippen LogP contribution in [0.3, 0.4) is 0 Å². The Morgan fingerprint density at radius 2 is 1.68 bits per heavy atom. The number of fused-ring (bicyclic) bond motifs is 5. The van der Waals surface area contributed by atoms with Crippen LogP contribution in [0.15, 0.2) is 78.9 Å². The Balaban J connectivity index is 1.03. The lowest BCUT2D eigenvalue weighted by Gasteiger charge is -2.48. The molecule has 0 unspecified atom stereocenters. The Morgan fingerprint density at radius 1 is 0.968 bits per heavy atom. The van der Waals surface area contributed by atoms with Crippen LogP contribution in [0.5, 0.6) is 0 Å². The Bertz CT molecular complexity index is 2250. The van der Waals surface area contributed by atoms with Crippen LogP contribution in [0, 0.1) is 5.41 Å². The lowest BCUT2D eigenvalue weighted by Crippen LogP contribution is -2.69. The number of carbonyl (C=O) groups excluding carboxylic acids is 5. The molecule has 1 spiro atoms. The molecule has 328 valence electrons. The number of benzene rings is 3. The van der Waals surface area contributed by atoms with E-state index in [1.807, 2.05) is 48.5 Å². The van der Waals surface area contributed by atoms with Crippen molar-refractivity contribution in [3.63, 3.8) is 0 Å². The summed E-state index contributed by atoms with van der Waals surface area (Å²) in [4.78, 5) is 75.3. The first-order chi connectivity index (χ1) is 29.6. The number of aliphatic hydroxyl groups is 1. The highest BCUT2D eigenvalue weighted by Crippen LogP contribution is 2.58. The lowest BCUT2D eigenvalue weighted by atomic mass is 9.62. The number of esters is 2. The highest BCUT2D eigenvalue weighted by atomic mass is 16.8. The van der Waals surface area contributed by atoms with E-state index in [9.17, 15) is 29.1 Å². The molecule has 8 rings (SSSR count). The Kier molecular flexibility index (Phi) is 11.9. The van der Waals surface area contributed by atoms with Gasteiger partial charge in [-0.15, -0.1) is 0 Å². The molecule has 3 aromatic carbocycles. The summed E-state index contributed by atoms with van der Waals surface area (Å²) in [6.45, 7) is 5.08. The molecular weight excluding hydrogens is 797 g/mol. The van der Waals surface area contributed by atoms with Gasteiger partial charge in [0.25, 0.3) is 5.91 Å². The smallest absolute Gasteiger partial charge is 0.327 e. The number of hydrogen-bond acceptors (Lipinski definition) is 12. The number of likely N-dealkylation sites (N-methyl/N-ethyl adjacent to an activating group) is 1. The maximum Gasteiger partial charge on any atom is 0.327 e. The van der Waals surface area contributed by atoms with Crippen LogP contribution < -0.4 is 10.6 Å². The largest absolute Gasteiger partial charge is 0.460 e. The van der Waals surface area contributed by atoms with Gasteiger partial charge >= 0.3 is 11.9 Å². The predicted molar refractivity (Wildman–Crippen MR) is 223 cm³/mol. The fourth-order valence-corrected chi connectivity index (χ4v) is 9.38. The summed E-state index contributed by atoms with van der Waals surface area (Å²) in [6.07, 6.45) is 1.42. The van der Waals surface area contributed by atoms with Crippen LogP contribution in [0.25, 0.3) is 6.08 Å². The van der Waals surface area contributed by atoms with Gasteiger partial charge in [0.15, 0.2) is 11.8 Å². The first kappa shape index (κ1) is 43.2. The zero-order valence-corrected chi connectivity index (χ0v) is 35.6. The number of aliphatic hydroxyl groups excluding tert-OH is 1. The van der Waals surface area contributed by atoms with E-state index >= 15 is 0 Å². The van der Waals surface area contributed by atoms with Gasteiger partial charge in [-0.25, -0.2) is 0 Å². The summed E-state index contributed by atoms with van der Waals surface area (Å²) >= 11 is 0. The first-order valence-corrected chi connectivity index (χ1v) is 21.1. The van der Waals surface area contributed by atoms with Crippen LogP contribution >= 0.6 is 0 Å². The minimum Gasteiger partial charge on any atom is -0.460 e. The summed E-state index contributed by atoms with van der Waals surface area (Å²) < 4.78 is 25.1. The zero-order valence-electron chi connectivity index (χ0n) is 35.6. The molecule has 2 bridgehead atoms. The summed E-state index contributed by atoms with van der Waals surface area (Å²) in [7, 11) is 3.35. The summed E-state index contributed by atoms with van der Waals surface area (Å²) in [5, 5.41) is 17.4. The third-order valence-corrected chi connectivity index (χ3v) is 12.2. The van der Waals surface area contributed by atoms with Gasteiger partial charge < -0.3 is 39.6 Å². The third kappa shape index (κ3) is 8.64. The van der Waals surface area contributed by atoms with Gasteiger partial charge in [0.05, 0.1) is 19.2 Å². The van der Waals surface area contributed by atoms with Gasteiger partial charge in [-0.3, -0.25) is 28.8 Å². The van der Waals surface area contributed by atoms with Crippen LogP contribution in [0.1, 0.15) is 78.2 Å². The molecule has 3 heterocycles. The van der Waals surface area contributed by atoms with E-state index in [1.165, 1.54) is 16.0 Å². The zero-order chi connectivity index (χ0) is 44.0. The summed E-state index contributed by atoms with van der Waals surface area (Å²) in [5.41, 5.74) is 2.59. The molecule has 7 atom stereocenters. The maximum absolute atomic E-state index is 15.0. The quantitative estimate of drug-likeness (QED) is 0.169. The normalized spacial score (nSPS) is 26.1. The number of carbonyl (C=O) groups is 5. The second-order valence-corrected chi connectivity index (χ2v) is 18.1. The molecule has 62 heavy (non-hydrogen) atoms. The number of rotatable bonds is 13. The van der Waals surface area contributed by atoms with Gasteiger partial charge in [-0.2, -0.15) is 5.06 Å². The standard InChI is InChI=1S/C47H54N4O11/c1-45(2,3)59-37(54)19-17-34(27-52)49-42(55)31-15-9-11-29(21-31)25-48-44(57)47-24-35-38-39(61-46(60-38)22-32-13-6-7-14-33(32)23-46)41(47)62-51(40(47)43(56)58-35)26-30-12-8-10-28(20-30)16-18-36(53)50(4)5/h6-16,18,20-21,34-35,38-41,52H,17,19,22-27H2,1-5H3,(H,48,57)(H,49,55)/t34-,35+,38-,39-,40-,41+,47-/m0/s1. The molecular formula is C47H54N4O11. The minimum absolute atomic E-state index is 0.0183. The molecule has 0 aromatic heterocycles. The number of hydroxylamine groups is 2. The molecule has 2 aliphatic carbocycles. The van der Waals surface area contributed by atoms with Gasteiger partial charge in [0.2, 0.25) is 11.8 Å². The molecule has 3 aliphatic heterocycles. The molecule has 3 N–H and O–H groups in total. The van der Waals surface area contributed by atoms with E-state index in [4.69, 9.17) is 23.8 Å². The van der Waals surface area contributed by atoms with Crippen LogP contribution in [-0.4, -0.2) is 113 Å². The molecule has 0 radical (unpaired) electrons. The monoisotopic (exact) mass is 850 g/mol. The third-order valence-electron chi connectivity index (χ3n) is 12.2. The maximum atomic E-state index is 15.0. The highest BCUT2D eigenvalue weighted by molar-refractivity contribution is 5.95. The van der Waals surface area contributed by atoms with Crippen molar-refractivity contribution in [3.8, 4) is 0 Å². The van der Waals surface area contributed by atoms with E-state index in [0.29, 0.717) is 24.0 Å². The fraction of sp³-hybridized carbons (Fsp3) is 0.468. The van der Waals surface area contributed by atoms with Crippen molar-refractivity contribution in [2.24, 2.45) is 5.41 Å². The van der Waals surface area contributed by atoms with Gasteiger partial charge in [-0.05, 0) is 73.2 Å². The van der Waals surface area contributed by atoms with Crippen LogP contribution in [-0.2, 0) is 68.9 Å². The van der Waals surface area contributed by atoms with E-state index in [2.05, 4.69) is 10.6 Å². The summed E-state index contributed by atoms with van der Waals surface area (Å²) in [5.74, 6) is -3.09. The molecule has 3 saturated heterocycles. The van der Waals surface area contributed by atoms with E-state index < -0.39 is 77.1 Å². The number of amides is 3. The molecule has 3 amide bonds. The van der Waals surface area contributed by atoms with Crippen LogP contribution in [0.4, 0.5) is 0 Å². The molecule has 3 aromatic rings.